The number of fused-ring (bicyclic) bond motifs is 2. The average molecular weight is 470 g/mol. The van der Waals surface area contributed by atoms with Crippen molar-refractivity contribution in [2.24, 2.45) is 0 Å². The van der Waals surface area contributed by atoms with Crippen LogP contribution in [0.25, 0.3) is 33.2 Å². The molecule has 0 aliphatic carbocycles. The van der Waals surface area contributed by atoms with Gasteiger partial charge in [0.2, 0.25) is 0 Å². The molecule has 0 unspecified atom stereocenters. The van der Waals surface area contributed by atoms with Crippen molar-refractivity contribution >= 4 is 16.6 Å². The van der Waals surface area contributed by atoms with Crippen molar-refractivity contribution in [1.82, 2.24) is 4.98 Å². The van der Waals surface area contributed by atoms with Gasteiger partial charge >= 0.3 is 0 Å². The van der Waals surface area contributed by atoms with E-state index in [-0.39, 0.29) is 12.2 Å². The summed E-state index contributed by atoms with van der Waals surface area (Å²) >= 11 is 0. The molecule has 1 aromatic heterocycles. The highest BCUT2D eigenvalue weighted by atomic mass is 16.5. The number of ketones is 1. The minimum Gasteiger partial charge on any atom is -0.497 e. The zero-order valence-corrected chi connectivity index (χ0v) is 20.7. The molecule has 0 atom stereocenters. The van der Waals surface area contributed by atoms with E-state index in [9.17, 15) is 4.79 Å². The predicted octanol–water partition coefficient (Wildman–Crippen LogP) is 6.45. The summed E-state index contributed by atoms with van der Waals surface area (Å²) < 4.78 is 23.3. The Morgan fingerprint density at radius 3 is 2.29 bits per heavy atom. The van der Waals surface area contributed by atoms with Crippen molar-refractivity contribution in [3.63, 3.8) is 0 Å². The molecule has 1 aliphatic rings. The van der Waals surface area contributed by atoms with Crippen LogP contribution in [0, 0.1) is 13.8 Å². The molecule has 6 nitrogen and oxygen atoms in total. The molecule has 0 bridgehead atoms. The number of hydrogen-bond acceptors (Lipinski definition) is 6. The second kappa shape index (κ2) is 8.62. The van der Waals surface area contributed by atoms with Gasteiger partial charge in [-0.15, -0.1) is 0 Å². The van der Waals surface area contributed by atoms with Crippen LogP contribution in [0.15, 0.2) is 42.5 Å². The Morgan fingerprint density at radius 1 is 0.857 bits per heavy atom. The van der Waals surface area contributed by atoms with Gasteiger partial charge in [-0.1, -0.05) is 6.07 Å². The molecule has 0 saturated heterocycles. The van der Waals surface area contributed by atoms with Gasteiger partial charge in [0.25, 0.3) is 0 Å². The van der Waals surface area contributed by atoms with Crippen LogP contribution in [-0.2, 0) is 11.2 Å². The summed E-state index contributed by atoms with van der Waals surface area (Å²) in [7, 11) is 4.88. The first-order valence-corrected chi connectivity index (χ1v) is 11.4. The van der Waals surface area contributed by atoms with Gasteiger partial charge in [0, 0.05) is 29.8 Å². The number of pyridine rings is 1. The lowest BCUT2D eigenvalue weighted by atomic mass is 9.87. The Morgan fingerprint density at radius 2 is 1.60 bits per heavy atom. The molecule has 0 N–H and O–H groups in total. The molecule has 4 aromatic rings. The number of ether oxygens (including phenoxy) is 4. The maximum Gasteiger partial charge on any atom is 0.141 e. The molecular weight excluding hydrogens is 442 g/mol. The van der Waals surface area contributed by atoms with Gasteiger partial charge in [-0.25, -0.2) is 0 Å². The second-order valence-corrected chi connectivity index (χ2v) is 8.87. The fourth-order valence-corrected chi connectivity index (χ4v) is 4.88. The molecule has 0 spiro atoms. The number of aromatic nitrogens is 1. The normalized spacial score (nSPS) is 11.6. The maximum atomic E-state index is 12.2. The largest absolute Gasteiger partial charge is 0.497 e. The Kier molecular flexibility index (Phi) is 5.59. The molecular formula is C29H27NO5. The first-order valence-electron chi connectivity index (χ1n) is 11.4. The number of nitrogens with zero attached hydrogens (tertiary/aromatic N) is 1. The number of methoxy groups -OCH3 is 3. The standard InChI is InChI=1S/C29H27NO5/c1-15-7-22(26-19(10-17(3)31)12-20(32-4)13-23(26)34-6)28-24(8-15)35-25-14-21(33-5)11-18-9-16(2)30-29(28)27(18)25/h7-9,11-14H,10H2,1-6H3. The van der Waals surface area contributed by atoms with E-state index in [0.29, 0.717) is 23.0 Å². The summed E-state index contributed by atoms with van der Waals surface area (Å²) in [6, 6.07) is 13.8. The predicted molar refractivity (Wildman–Crippen MR) is 136 cm³/mol. The Labute approximate surface area is 204 Å². The second-order valence-electron chi connectivity index (χ2n) is 8.87. The highest BCUT2D eigenvalue weighted by Crippen LogP contribution is 2.53. The minimum absolute atomic E-state index is 0.0489. The zero-order chi connectivity index (χ0) is 24.9. The molecule has 0 radical (unpaired) electrons. The van der Waals surface area contributed by atoms with E-state index in [1.165, 1.54) is 0 Å². The first-order chi connectivity index (χ1) is 16.8. The van der Waals surface area contributed by atoms with Crippen molar-refractivity contribution in [3.8, 4) is 51.1 Å². The van der Waals surface area contributed by atoms with Crippen molar-refractivity contribution in [1.29, 1.82) is 0 Å². The summed E-state index contributed by atoms with van der Waals surface area (Å²) in [6.07, 6.45) is 0.247. The van der Waals surface area contributed by atoms with E-state index in [4.69, 9.17) is 23.9 Å². The third kappa shape index (κ3) is 3.85. The van der Waals surface area contributed by atoms with Crippen LogP contribution in [0.1, 0.15) is 23.7 Å². The fraction of sp³-hybridized carbons (Fsp3) is 0.241. The SMILES string of the molecule is COc1cc(CC(C)=O)c(-c2cc(C)cc3c2-c2nc(C)cc4cc(OC)cc(c24)O3)c(OC)c1. The van der Waals surface area contributed by atoms with Crippen LogP contribution in [0.3, 0.4) is 0 Å². The Bertz CT molecular complexity index is 1510. The van der Waals surface area contributed by atoms with Gasteiger partial charge in [-0.05, 0) is 67.1 Å². The van der Waals surface area contributed by atoms with Crippen LogP contribution in [-0.4, -0.2) is 32.1 Å². The van der Waals surface area contributed by atoms with Crippen molar-refractivity contribution in [2.45, 2.75) is 27.2 Å². The van der Waals surface area contributed by atoms with Crippen molar-refractivity contribution < 1.29 is 23.7 Å². The summed E-state index contributed by atoms with van der Waals surface area (Å²) in [4.78, 5) is 17.2. The van der Waals surface area contributed by atoms with Crippen LogP contribution < -0.4 is 18.9 Å². The van der Waals surface area contributed by atoms with Crippen LogP contribution >= 0.6 is 0 Å². The molecule has 35 heavy (non-hydrogen) atoms. The molecule has 6 heteroatoms. The van der Waals surface area contributed by atoms with Crippen LogP contribution in [0.5, 0.6) is 28.7 Å². The number of rotatable bonds is 6. The van der Waals surface area contributed by atoms with Crippen LogP contribution in [0.2, 0.25) is 0 Å². The van der Waals surface area contributed by atoms with Gasteiger partial charge in [-0.2, -0.15) is 0 Å². The number of carbonyl (C=O) groups excluding carboxylic acids is 1. The molecule has 1 aliphatic heterocycles. The number of hydrogen-bond donors (Lipinski definition) is 0. The molecule has 0 saturated carbocycles. The highest BCUT2D eigenvalue weighted by Gasteiger charge is 2.29. The summed E-state index contributed by atoms with van der Waals surface area (Å²) in [5.41, 5.74) is 6.16. The maximum absolute atomic E-state index is 12.2. The van der Waals surface area contributed by atoms with Crippen LogP contribution in [0.4, 0.5) is 0 Å². The molecule has 0 amide bonds. The monoisotopic (exact) mass is 469 g/mol. The van der Waals surface area contributed by atoms with Gasteiger partial charge < -0.3 is 18.9 Å². The summed E-state index contributed by atoms with van der Waals surface area (Å²) in [5, 5.41) is 1.92. The van der Waals surface area contributed by atoms with E-state index in [0.717, 1.165) is 55.7 Å². The lowest BCUT2D eigenvalue weighted by molar-refractivity contribution is -0.116. The zero-order valence-electron chi connectivity index (χ0n) is 20.7. The minimum atomic E-state index is 0.0489. The number of aryl methyl sites for hydroxylation is 2. The van der Waals surface area contributed by atoms with Crippen molar-refractivity contribution in [2.75, 3.05) is 21.3 Å². The Balaban J connectivity index is 1.89. The van der Waals surface area contributed by atoms with Gasteiger partial charge in [0.05, 0.1) is 38.0 Å². The highest BCUT2D eigenvalue weighted by molar-refractivity contribution is 6.07. The smallest absolute Gasteiger partial charge is 0.141 e. The van der Waals surface area contributed by atoms with E-state index >= 15 is 0 Å². The molecule has 5 rings (SSSR count). The molecule has 0 fully saturated rings. The molecule has 2 heterocycles. The number of carbonyl (C=O) groups is 1. The lowest BCUT2D eigenvalue weighted by Gasteiger charge is -2.26. The van der Waals surface area contributed by atoms with Gasteiger partial charge in [-0.3, -0.25) is 9.78 Å². The third-order valence-electron chi connectivity index (χ3n) is 6.26. The fourth-order valence-electron chi connectivity index (χ4n) is 4.88. The van der Waals surface area contributed by atoms with Gasteiger partial charge in [0.15, 0.2) is 0 Å². The topological polar surface area (TPSA) is 66.9 Å². The number of benzene rings is 3. The van der Waals surface area contributed by atoms with Gasteiger partial charge in [0.1, 0.15) is 34.5 Å². The van der Waals surface area contributed by atoms with E-state index in [1.807, 2.05) is 50.2 Å². The molecule has 3 aromatic carbocycles. The Hall–Kier alpha value is -4.06. The summed E-state index contributed by atoms with van der Waals surface area (Å²) in [5.74, 6) is 3.43. The van der Waals surface area contributed by atoms with E-state index in [2.05, 4.69) is 6.07 Å². The van der Waals surface area contributed by atoms with Crippen molar-refractivity contribution in [3.05, 3.63) is 59.3 Å². The number of Topliss-reactive ketones (excluding diaryl/α,β-unsaturated/α-hetero) is 1. The average Bonchev–Trinajstić information content (AvgIpc) is 2.81. The molecule has 178 valence electrons. The third-order valence-corrected chi connectivity index (χ3v) is 6.26. The van der Waals surface area contributed by atoms with E-state index in [1.54, 1.807) is 28.3 Å². The van der Waals surface area contributed by atoms with E-state index < -0.39 is 0 Å². The summed E-state index contributed by atoms with van der Waals surface area (Å²) in [6.45, 7) is 5.58. The quantitative estimate of drug-likeness (QED) is 0.285. The first kappa shape index (κ1) is 22.7. The lowest BCUT2D eigenvalue weighted by Crippen LogP contribution is -2.06.